The molecule has 0 aliphatic carbocycles. The molecule has 1 heterocycles. The molecular weight excluding hydrogens is 290 g/mol. The molecule has 1 aliphatic rings. The minimum absolute atomic E-state index is 0.0293. The van der Waals surface area contributed by atoms with Gasteiger partial charge >= 0.3 is 0 Å². The number of nitrogens with one attached hydrogen (secondary N) is 1. The number of amides is 1. The first kappa shape index (κ1) is 17.5. The van der Waals surface area contributed by atoms with E-state index in [2.05, 4.69) is 15.2 Å². The number of rotatable bonds is 5. The molecule has 5 nitrogen and oxygen atoms in total. The number of aliphatic imine (C=N–C) groups is 1. The van der Waals surface area contributed by atoms with Gasteiger partial charge in [0.25, 0.3) is 11.9 Å². The molecule has 1 amide bonds. The Hall–Kier alpha value is -1.88. The standard InChI is InChI=1S/C18H27N3O2/c1-14(2)23-18(19-9-12-21-10-4-5-11-21)20-17(22)16-8-6-7-15(3)13-16/h6-8,13-14H,4-5,9-12H2,1-3H3,(H,19,20,22). The van der Waals surface area contributed by atoms with Crippen molar-refractivity contribution in [3.8, 4) is 0 Å². The van der Waals surface area contributed by atoms with E-state index in [4.69, 9.17) is 4.74 Å². The molecule has 0 spiro atoms. The van der Waals surface area contributed by atoms with E-state index in [1.807, 2.05) is 39.0 Å². The third kappa shape index (κ3) is 6.02. The van der Waals surface area contributed by atoms with Crippen molar-refractivity contribution in [2.45, 2.75) is 39.7 Å². The van der Waals surface area contributed by atoms with Gasteiger partial charge in [0.2, 0.25) is 0 Å². The molecule has 1 fully saturated rings. The number of hydrogen-bond acceptors (Lipinski definition) is 4. The molecule has 0 radical (unpaired) electrons. The summed E-state index contributed by atoms with van der Waals surface area (Å²) in [4.78, 5) is 19.1. The molecule has 0 saturated carbocycles. The van der Waals surface area contributed by atoms with Gasteiger partial charge in [-0.25, -0.2) is 4.99 Å². The molecule has 0 unspecified atom stereocenters. The first-order valence-electron chi connectivity index (χ1n) is 8.36. The van der Waals surface area contributed by atoms with Gasteiger partial charge in [-0.05, 0) is 58.8 Å². The summed E-state index contributed by atoms with van der Waals surface area (Å²) in [5, 5.41) is 2.79. The number of likely N-dealkylation sites (tertiary alicyclic amines) is 1. The molecule has 0 bridgehead atoms. The van der Waals surface area contributed by atoms with Gasteiger partial charge in [-0.2, -0.15) is 0 Å². The van der Waals surface area contributed by atoms with E-state index in [9.17, 15) is 4.79 Å². The van der Waals surface area contributed by atoms with Crippen LogP contribution in [0.4, 0.5) is 0 Å². The molecule has 5 heteroatoms. The summed E-state index contributed by atoms with van der Waals surface area (Å²) in [5.74, 6) is -0.186. The highest BCUT2D eigenvalue weighted by Gasteiger charge is 2.13. The van der Waals surface area contributed by atoms with Crippen LogP contribution in [0, 0.1) is 6.92 Å². The largest absolute Gasteiger partial charge is 0.462 e. The van der Waals surface area contributed by atoms with Crippen molar-refractivity contribution in [2.24, 2.45) is 4.99 Å². The predicted octanol–water partition coefficient (Wildman–Crippen LogP) is 2.60. The molecule has 1 N–H and O–H groups in total. The maximum atomic E-state index is 12.3. The zero-order valence-electron chi connectivity index (χ0n) is 14.3. The predicted molar refractivity (Wildman–Crippen MR) is 92.8 cm³/mol. The fourth-order valence-electron chi connectivity index (χ4n) is 2.58. The Morgan fingerprint density at radius 1 is 1.35 bits per heavy atom. The Balaban J connectivity index is 1.95. The second-order valence-electron chi connectivity index (χ2n) is 6.23. The number of benzene rings is 1. The number of ether oxygens (including phenoxy) is 1. The molecule has 2 rings (SSSR count). The first-order chi connectivity index (χ1) is 11.0. The lowest BCUT2D eigenvalue weighted by Crippen LogP contribution is -2.35. The molecule has 0 aromatic heterocycles. The number of carbonyl (C=O) groups is 1. The van der Waals surface area contributed by atoms with E-state index < -0.39 is 0 Å². The smallest absolute Gasteiger partial charge is 0.291 e. The van der Waals surface area contributed by atoms with Crippen LogP contribution in [0.1, 0.15) is 42.6 Å². The topological polar surface area (TPSA) is 53.9 Å². The van der Waals surface area contributed by atoms with Gasteiger partial charge in [0.15, 0.2) is 0 Å². The second kappa shape index (κ2) is 8.67. The van der Waals surface area contributed by atoms with E-state index in [-0.39, 0.29) is 12.0 Å². The maximum Gasteiger partial charge on any atom is 0.291 e. The third-order valence-corrected chi connectivity index (χ3v) is 3.72. The van der Waals surface area contributed by atoms with Crippen molar-refractivity contribution < 1.29 is 9.53 Å². The van der Waals surface area contributed by atoms with Gasteiger partial charge in [-0.3, -0.25) is 10.1 Å². The molecule has 126 valence electrons. The zero-order valence-corrected chi connectivity index (χ0v) is 14.3. The SMILES string of the molecule is Cc1cccc(C(=O)NC(=NCCN2CCCC2)OC(C)C)c1. The number of nitrogens with zero attached hydrogens (tertiary/aromatic N) is 2. The van der Waals surface area contributed by atoms with Crippen LogP contribution in [0.5, 0.6) is 0 Å². The Morgan fingerprint density at radius 2 is 2.09 bits per heavy atom. The zero-order chi connectivity index (χ0) is 16.7. The lowest BCUT2D eigenvalue weighted by atomic mass is 10.1. The fraction of sp³-hybridized carbons (Fsp3) is 0.556. The summed E-state index contributed by atoms with van der Waals surface area (Å²) >= 11 is 0. The highest BCUT2D eigenvalue weighted by atomic mass is 16.5. The van der Waals surface area contributed by atoms with Gasteiger partial charge in [-0.15, -0.1) is 0 Å². The van der Waals surface area contributed by atoms with Crippen molar-refractivity contribution in [3.05, 3.63) is 35.4 Å². The summed E-state index contributed by atoms with van der Waals surface area (Å²) in [6, 6.07) is 7.79. The van der Waals surface area contributed by atoms with Gasteiger partial charge in [-0.1, -0.05) is 17.7 Å². The minimum Gasteiger partial charge on any atom is -0.462 e. The summed E-state index contributed by atoms with van der Waals surface area (Å²) < 4.78 is 5.64. The average molecular weight is 317 g/mol. The van der Waals surface area contributed by atoms with Crippen LogP contribution in [-0.2, 0) is 4.74 Å². The average Bonchev–Trinajstić information content (AvgIpc) is 2.99. The van der Waals surface area contributed by atoms with Crippen LogP contribution in [0.25, 0.3) is 0 Å². The van der Waals surface area contributed by atoms with Crippen LogP contribution < -0.4 is 5.32 Å². The van der Waals surface area contributed by atoms with Crippen molar-refractivity contribution in [3.63, 3.8) is 0 Å². The normalized spacial score (nSPS) is 15.9. The molecule has 1 aliphatic heterocycles. The van der Waals surface area contributed by atoms with Crippen molar-refractivity contribution in [1.82, 2.24) is 10.2 Å². The van der Waals surface area contributed by atoms with Crippen molar-refractivity contribution in [2.75, 3.05) is 26.2 Å². The third-order valence-electron chi connectivity index (χ3n) is 3.72. The summed E-state index contributed by atoms with van der Waals surface area (Å²) in [7, 11) is 0. The van der Waals surface area contributed by atoms with Crippen LogP contribution in [-0.4, -0.2) is 49.1 Å². The first-order valence-corrected chi connectivity index (χ1v) is 8.36. The van der Waals surface area contributed by atoms with Crippen LogP contribution in [0.3, 0.4) is 0 Å². The lowest BCUT2D eigenvalue weighted by Gasteiger charge is -2.15. The number of carbonyl (C=O) groups excluding carboxylic acids is 1. The van der Waals surface area contributed by atoms with E-state index in [1.54, 1.807) is 6.07 Å². The highest BCUT2D eigenvalue weighted by molar-refractivity contribution is 6.04. The lowest BCUT2D eigenvalue weighted by molar-refractivity contribution is 0.0959. The van der Waals surface area contributed by atoms with Crippen LogP contribution in [0.2, 0.25) is 0 Å². The van der Waals surface area contributed by atoms with Crippen LogP contribution >= 0.6 is 0 Å². The van der Waals surface area contributed by atoms with Gasteiger partial charge in [0, 0.05) is 12.1 Å². The monoisotopic (exact) mass is 317 g/mol. The van der Waals surface area contributed by atoms with E-state index >= 15 is 0 Å². The maximum absolute atomic E-state index is 12.3. The Morgan fingerprint density at radius 3 is 2.74 bits per heavy atom. The van der Waals surface area contributed by atoms with Crippen LogP contribution in [0.15, 0.2) is 29.3 Å². The molecule has 1 aromatic rings. The van der Waals surface area contributed by atoms with E-state index in [0.717, 1.165) is 25.2 Å². The summed E-state index contributed by atoms with van der Waals surface area (Å²) in [5.41, 5.74) is 1.67. The van der Waals surface area contributed by atoms with Gasteiger partial charge in [0.1, 0.15) is 0 Å². The Labute approximate surface area is 138 Å². The molecule has 1 aromatic carbocycles. The van der Waals surface area contributed by atoms with E-state index in [1.165, 1.54) is 12.8 Å². The van der Waals surface area contributed by atoms with Crippen molar-refractivity contribution >= 4 is 11.9 Å². The van der Waals surface area contributed by atoms with Gasteiger partial charge < -0.3 is 9.64 Å². The molecule has 23 heavy (non-hydrogen) atoms. The fourth-order valence-corrected chi connectivity index (χ4v) is 2.58. The quantitative estimate of drug-likeness (QED) is 0.671. The summed E-state index contributed by atoms with van der Waals surface area (Å²) in [6.07, 6.45) is 2.50. The summed E-state index contributed by atoms with van der Waals surface area (Å²) in [6.45, 7) is 9.65. The highest BCUT2D eigenvalue weighted by Crippen LogP contribution is 2.06. The Kier molecular flexibility index (Phi) is 6.59. The molecule has 1 saturated heterocycles. The second-order valence-corrected chi connectivity index (χ2v) is 6.23. The molecular formula is C18H27N3O2. The number of aryl methyl sites for hydroxylation is 1. The number of amidine groups is 1. The minimum atomic E-state index is -0.186. The molecule has 0 atom stereocenters. The van der Waals surface area contributed by atoms with Gasteiger partial charge in [0.05, 0.1) is 12.6 Å². The Bertz CT molecular complexity index is 549. The van der Waals surface area contributed by atoms with Crippen molar-refractivity contribution in [1.29, 1.82) is 0 Å². The van der Waals surface area contributed by atoms with E-state index in [0.29, 0.717) is 18.1 Å². The number of hydrogen-bond donors (Lipinski definition) is 1.